The molecule has 12 aromatic rings. The topological polar surface area (TPSA) is 63.8 Å². The van der Waals surface area contributed by atoms with Crippen LogP contribution in [0.15, 0.2) is 231 Å². The van der Waals surface area contributed by atoms with E-state index >= 15 is 0 Å². The van der Waals surface area contributed by atoms with E-state index in [1.807, 2.05) is 36.4 Å². The second-order valence-electron chi connectivity index (χ2n) is 17.6. The summed E-state index contributed by atoms with van der Waals surface area (Å²) in [4.78, 5) is 18.0. The Labute approximate surface area is 392 Å². The molecule has 0 bridgehead atoms. The van der Waals surface area contributed by atoms with Crippen molar-refractivity contribution in [2.45, 2.75) is 12.1 Å². The lowest BCUT2D eigenvalue weighted by molar-refractivity contribution is 0.823. The normalized spacial score (nSPS) is 14.9. The summed E-state index contributed by atoms with van der Waals surface area (Å²) < 4.78 is 4.86. The molecule has 68 heavy (non-hydrogen) atoms. The number of anilines is 3. The lowest BCUT2D eigenvalue weighted by Crippen LogP contribution is -2.24. The fourth-order valence-electron chi connectivity index (χ4n) is 10.9. The van der Waals surface area contributed by atoms with Gasteiger partial charge in [0.1, 0.15) is 17.8 Å². The van der Waals surface area contributed by atoms with Gasteiger partial charge in [-0.3, -0.25) is 4.57 Å². The van der Waals surface area contributed by atoms with Gasteiger partial charge in [0.2, 0.25) is 0 Å². The Balaban J connectivity index is 0.984. The van der Waals surface area contributed by atoms with Crippen LogP contribution < -0.4 is 10.2 Å². The monoisotopic (exact) mass is 871 g/mol. The van der Waals surface area contributed by atoms with E-state index < -0.39 is 0 Å². The van der Waals surface area contributed by atoms with Gasteiger partial charge in [-0.05, 0) is 82.4 Å². The summed E-state index contributed by atoms with van der Waals surface area (Å²) in [5.41, 5.74) is 15.7. The molecule has 7 heteroatoms. The molecule has 4 heterocycles. The molecule has 0 fully saturated rings. The van der Waals surface area contributed by atoms with Gasteiger partial charge in [-0.15, -0.1) is 0 Å². The van der Waals surface area contributed by atoms with E-state index in [0.29, 0.717) is 11.6 Å². The van der Waals surface area contributed by atoms with Crippen LogP contribution in [0.2, 0.25) is 0 Å². The van der Waals surface area contributed by atoms with Crippen LogP contribution in [0.25, 0.3) is 78.0 Å². The van der Waals surface area contributed by atoms with E-state index in [1.54, 1.807) is 0 Å². The highest BCUT2D eigenvalue weighted by molar-refractivity contribution is 6.18. The second-order valence-corrected chi connectivity index (χ2v) is 17.6. The van der Waals surface area contributed by atoms with E-state index in [0.717, 1.165) is 62.1 Å². The molecule has 1 N–H and O–H groups in total. The first-order valence-corrected chi connectivity index (χ1v) is 23.2. The highest BCUT2D eigenvalue weighted by Gasteiger charge is 2.38. The summed E-state index contributed by atoms with van der Waals surface area (Å²) >= 11 is 0. The maximum atomic E-state index is 5.25. The van der Waals surface area contributed by atoms with Gasteiger partial charge in [0, 0.05) is 44.3 Å². The summed E-state index contributed by atoms with van der Waals surface area (Å²) in [5, 5.41) is 7.62. The zero-order valence-electron chi connectivity index (χ0n) is 36.8. The number of nitrogens with one attached hydrogen (secondary N) is 1. The SMILES string of the molecule is c1ccc(-c2nc(-c3ccccc3)nc(C3c4ccccc4-c4cc(-n5c6ccccc6c6cc7c8c(n(-c9ccccc9)c7cc65)NC(c5ccccc5)N8c5ccccc5)ccc43)n2)cc1. The summed E-state index contributed by atoms with van der Waals surface area (Å²) in [7, 11) is 0. The van der Waals surface area contributed by atoms with Crippen molar-refractivity contribution in [3.63, 3.8) is 0 Å². The average Bonchev–Trinajstić information content (AvgIpc) is 4.15. The minimum Gasteiger partial charge on any atom is -0.345 e. The molecule has 0 saturated heterocycles. The highest BCUT2D eigenvalue weighted by Crippen LogP contribution is 2.54. The van der Waals surface area contributed by atoms with Crippen LogP contribution in [0.4, 0.5) is 17.2 Å². The minimum atomic E-state index is -0.183. The summed E-state index contributed by atoms with van der Waals surface area (Å²) in [5.74, 6) is 2.95. The fourth-order valence-corrected chi connectivity index (χ4v) is 10.9. The van der Waals surface area contributed by atoms with Crippen LogP contribution in [0.3, 0.4) is 0 Å². The molecule has 9 aromatic carbocycles. The van der Waals surface area contributed by atoms with Crippen molar-refractivity contribution in [2.24, 2.45) is 0 Å². The van der Waals surface area contributed by atoms with Crippen LogP contribution in [0.5, 0.6) is 0 Å². The molecule has 2 atom stereocenters. The van der Waals surface area contributed by atoms with Crippen molar-refractivity contribution in [1.29, 1.82) is 0 Å². The van der Waals surface area contributed by atoms with Gasteiger partial charge >= 0.3 is 0 Å². The van der Waals surface area contributed by atoms with Gasteiger partial charge in [-0.2, -0.15) is 0 Å². The zero-order valence-corrected chi connectivity index (χ0v) is 36.8. The van der Waals surface area contributed by atoms with Crippen molar-refractivity contribution < 1.29 is 0 Å². The number of benzene rings is 9. The van der Waals surface area contributed by atoms with E-state index in [-0.39, 0.29) is 12.1 Å². The molecule has 0 amide bonds. The predicted molar refractivity (Wildman–Crippen MR) is 276 cm³/mol. The van der Waals surface area contributed by atoms with Crippen molar-refractivity contribution in [3.8, 4) is 45.3 Å². The standard InChI is InChI=1S/C61H41N7/c1-6-20-39(21-7-1)57-62-58(40-22-8-2-9-23-40)64-59(63-57)55-47-32-17-16-30-45(47)49-36-44(34-35-48(49)55)66-52-33-19-18-31-46(52)50-37-51-54(38-53(50)66)67(42-26-12-4-13-27-42)61-56(51)68(43-28-14-5-15-29-43)60(65-61)41-24-10-3-11-25-41/h1-38,55,60,65H. The van der Waals surface area contributed by atoms with Crippen molar-refractivity contribution in [3.05, 3.63) is 253 Å². The number of hydrogen-bond donors (Lipinski definition) is 1. The zero-order chi connectivity index (χ0) is 44.7. The van der Waals surface area contributed by atoms with Gasteiger partial charge in [0.25, 0.3) is 0 Å². The third kappa shape index (κ3) is 5.89. The third-order valence-corrected chi connectivity index (χ3v) is 13.8. The van der Waals surface area contributed by atoms with E-state index in [1.165, 1.54) is 44.0 Å². The largest absolute Gasteiger partial charge is 0.345 e. The van der Waals surface area contributed by atoms with E-state index in [2.05, 4.69) is 213 Å². The first-order valence-electron chi connectivity index (χ1n) is 23.2. The lowest BCUT2D eigenvalue weighted by atomic mass is 9.95. The molecule has 0 spiro atoms. The molecule has 1 aliphatic carbocycles. The Hall–Kier alpha value is -9.07. The van der Waals surface area contributed by atoms with Crippen LogP contribution in [0.1, 0.15) is 34.6 Å². The lowest BCUT2D eigenvalue weighted by Gasteiger charge is -2.28. The van der Waals surface area contributed by atoms with Crippen LogP contribution in [-0.4, -0.2) is 24.1 Å². The van der Waals surface area contributed by atoms with Crippen molar-refractivity contribution >= 4 is 49.9 Å². The van der Waals surface area contributed by atoms with Gasteiger partial charge in [-0.1, -0.05) is 176 Å². The predicted octanol–water partition coefficient (Wildman–Crippen LogP) is 14.7. The van der Waals surface area contributed by atoms with Crippen LogP contribution in [0, 0.1) is 0 Å². The first kappa shape index (κ1) is 38.2. The molecule has 0 saturated carbocycles. The summed E-state index contributed by atoms with van der Waals surface area (Å²) in [6, 6.07) is 82.1. The number of aromatic nitrogens is 5. The Morgan fingerprint density at radius 3 is 1.66 bits per heavy atom. The number of para-hydroxylation sites is 3. The maximum absolute atomic E-state index is 5.25. The number of rotatable bonds is 7. The van der Waals surface area contributed by atoms with E-state index in [9.17, 15) is 0 Å². The molecule has 2 aliphatic rings. The third-order valence-electron chi connectivity index (χ3n) is 13.8. The van der Waals surface area contributed by atoms with Crippen molar-refractivity contribution in [2.75, 3.05) is 10.2 Å². The molecular weight excluding hydrogens is 831 g/mol. The Bertz CT molecular complexity index is 3830. The molecule has 0 radical (unpaired) electrons. The maximum Gasteiger partial charge on any atom is 0.163 e. The molecule has 1 aliphatic heterocycles. The van der Waals surface area contributed by atoms with Gasteiger partial charge < -0.3 is 14.8 Å². The Morgan fingerprint density at radius 1 is 0.382 bits per heavy atom. The van der Waals surface area contributed by atoms with Gasteiger partial charge in [-0.25, -0.2) is 15.0 Å². The minimum absolute atomic E-state index is 0.106. The van der Waals surface area contributed by atoms with E-state index in [4.69, 9.17) is 15.0 Å². The molecule has 320 valence electrons. The van der Waals surface area contributed by atoms with Gasteiger partial charge in [0.05, 0.1) is 28.2 Å². The molecule has 3 aromatic heterocycles. The fraction of sp³-hybridized carbons (Fsp3) is 0.0328. The average molecular weight is 872 g/mol. The van der Waals surface area contributed by atoms with Gasteiger partial charge in [0.15, 0.2) is 11.6 Å². The highest BCUT2D eigenvalue weighted by atomic mass is 15.4. The summed E-state index contributed by atoms with van der Waals surface area (Å²) in [6.07, 6.45) is -0.106. The Morgan fingerprint density at radius 2 is 0.956 bits per heavy atom. The first-order chi connectivity index (χ1) is 33.7. The number of fused-ring (bicyclic) bond motifs is 9. The van der Waals surface area contributed by atoms with Crippen molar-refractivity contribution in [1.82, 2.24) is 24.1 Å². The molecular formula is C61H41N7. The smallest absolute Gasteiger partial charge is 0.163 e. The molecule has 14 rings (SSSR count). The number of hydrogen-bond acceptors (Lipinski definition) is 5. The second kappa shape index (κ2) is 15.3. The van der Waals surface area contributed by atoms with Crippen LogP contribution >= 0.6 is 0 Å². The molecule has 7 nitrogen and oxygen atoms in total. The molecule has 2 unspecified atom stereocenters. The number of nitrogens with zero attached hydrogens (tertiary/aromatic N) is 6. The Kier molecular flexibility index (Phi) is 8.58. The van der Waals surface area contributed by atoms with Crippen LogP contribution in [-0.2, 0) is 0 Å². The summed E-state index contributed by atoms with van der Waals surface area (Å²) in [6.45, 7) is 0. The quantitative estimate of drug-likeness (QED) is 0.173.